The fourth-order valence-electron chi connectivity index (χ4n) is 6.09. The fraction of sp³-hybridized carbons (Fsp3) is 0. The molecule has 0 atom stereocenters. The van der Waals surface area contributed by atoms with Crippen molar-refractivity contribution in [2.75, 3.05) is 4.90 Å². The third-order valence-electron chi connectivity index (χ3n) is 8.13. The molecule has 0 fully saturated rings. The number of para-hydroxylation sites is 2. The SMILES string of the molecule is [Pt+2].[c-]1ccc2c(oc3ccccc32)c1-c1cccc(N(c2ccccc2)c2cccc(-c3[c-]ccc4c3sc3ccccc34)n2)n1. The van der Waals surface area contributed by atoms with Gasteiger partial charge in [-0.2, -0.15) is 11.3 Å². The number of fused-ring (bicyclic) bond motifs is 6. The molecule has 9 aromatic rings. The monoisotopic (exact) mass is 788 g/mol. The zero-order valence-corrected chi connectivity index (χ0v) is 27.3. The second kappa shape index (κ2) is 11.7. The van der Waals surface area contributed by atoms with Gasteiger partial charge in [-0.1, -0.05) is 95.2 Å². The molecule has 0 N–H and O–H groups in total. The molecule has 4 aromatic heterocycles. The van der Waals surface area contributed by atoms with E-state index < -0.39 is 0 Å². The van der Waals surface area contributed by atoms with Crippen molar-refractivity contribution in [2.24, 2.45) is 0 Å². The molecule has 0 saturated heterocycles. The number of benzene rings is 5. The van der Waals surface area contributed by atoms with Gasteiger partial charge in [0.05, 0.1) is 5.58 Å². The van der Waals surface area contributed by atoms with E-state index in [9.17, 15) is 0 Å². The summed E-state index contributed by atoms with van der Waals surface area (Å²) in [5.41, 5.74) is 6.05. The van der Waals surface area contributed by atoms with Crippen LogP contribution >= 0.6 is 11.3 Å². The van der Waals surface area contributed by atoms with Crippen LogP contribution in [-0.2, 0) is 21.1 Å². The van der Waals surface area contributed by atoms with Crippen molar-refractivity contribution in [1.82, 2.24) is 9.97 Å². The number of furan rings is 1. The Hall–Kier alpha value is -5.09. The van der Waals surface area contributed by atoms with E-state index in [1.54, 1.807) is 11.3 Å². The second-order valence-electron chi connectivity index (χ2n) is 10.8. The summed E-state index contributed by atoms with van der Waals surface area (Å²) in [6.07, 6.45) is 0. The third-order valence-corrected chi connectivity index (χ3v) is 9.33. The maximum atomic E-state index is 6.33. The van der Waals surface area contributed by atoms with Crippen molar-refractivity contribution in [3.8, 4) is 22.5 Å². The Balaban J connectivity index is 0.00000312. The number of hydrogen-bond donors (Lipinski definition) is 0. The molecule has 6 heteroatoms. The van der Waals surface area contributed by atoms with Crippen molar-refractivity contribution >= 4 is 70.8 Å². The average Bonchev–Trinajstić information content (AvgIpc) is 3.68. The van der Waals surface area contributed by atoms with Crippen LogP contribution in [0.1, 0.15) is 0 Å². The Bertz CT molecular complexity index is 2360. The minimum atomic E-state index is 0. The van der Waals surface area contributed by atoms with Crippen LogP contribution in [0.25, 0.3) is 64.6 Å². The minimum Gasteiger partial charge on any atom is -0.501 e. The Morgan fingerprint density at radius 1 is 0.543 bits per heavy atom. The molecule has 4 nitrogen and oxygen atoms in total. The predicted molar refractivity (Wildman–Crippen MR) is 185 cm³/mol. The molecule has 0 bridgehead atoms. The van der Waals surface area contributed by atoms with Gasteiger partial charge in [0.25, 0.3) is 0 Å². The first kappa shape index (κ1) is 28.4. The average molecular weight is 789 g/mol. The molecule has 0 aliphatic rings. The van der Waals surface area contributed by atoms with Crippen molar-refractivity contribution in [1.29, 1.82) is 0 Å². The van der Waals surface area contributed by atoms with Crippen LogP contribution in [0.3, 0.4) is 0 Å². The number of thiophene rings is 1. The van der Waals surface area contributed by atoms with Gasteiger partial charge in [-0.05, 0) is 57.9 Å². The molecular weight excluding hydrogens is 766 g/mol. The summed E-state index contributed by atoms with van der Waals surface area (Å²) in [7, 11) is 0. The Labute approximate surface area is 283 Å². The Kier molecular flexibility index (Phi) is 7.21. The third kappa shape index (κ3) is 4.71. The molecule has 0 unspecified atom stereocenters. The minimum absolute atomic E-state index is 0. The summed E-state index contributed by atoms with van der Waals surface area (Å²) < 4.78 is 8.77. The quantitative estimate of drug-likeness (QED) is 0.163. The van der Waals surface area contributed by atoms with Gasteiger partial charge < -0.3 is 4.42 Å². The summed E-state index contributed by atoms with van der Waals surface area (Å²) in [5, 5.41) is 4.61. The van der Waals surface area contributed by atoms with E-state index in [-0.39, 0.29) is 21.1 Å². The number of rotatable bonds is 5. The summed E-state index contributed by atoms with van der Waals surface area (Å²) >= 11 is 1.78. The number of pyridine rings is 2. The van der Waals surface area contributed by atoms with Crippen LogP contribution in [0.5, 0.6) is 0 Å². The molecule has 0 aliphatic carbocycles. The fourth-order valence-corrected chi connectivity index (χ4v) is 7.30. The largest absolute Gasteiger partial charge is 2.00 e. The van der Waals surface area contributed by atoms with Gasteiger partial charge in [0, 0.05) is 15.8 Å². The molecule has 0 amide bonds. The molecule has 46 heavy (non-hydrogen) atoms. The normalized spacial score (nSPS) is 11.3. The van der Waals surface area contributed by atoms with Crippen LogP contribution in [0.4, 0.5) is 17.3 Å². The maximum Gasteiger partial charge on any atom is 2.00 e. The number of aromatic nitrogens is 2. The first-order valence-electron chi connectivity index (χ1n) is 14.8. The van der Waals surface area contributed by atoms with Crippen LogP contribution in [0, 0.1) is 12.1 Å². The molecule has 0 aliphatic heterocycles. The van der Waals surface area contributed by atoms with Crippen LogP contribution in [-0.4, -0.2) is 9.97 Å². The topological polar surface area (TPSA) is 42.2 Å². The zero-order valence-electron chi connectivity index (χ0n) is 24.3. The van der Waals surface area contributed by atoms with Gasteiger partial charge in [-0.25, -0.2) is 0 Å². The summed E-state index contributed by atoms with van der Waals surface area (Å²) in [6, 6.07) is 54.1. The van der Waals surface area contributed by atoms with Crippen LogP contribution in [0.15, 0.2) is 144 Å². The molecule has 4 heterocycles. The standard InChI is InChI=1S/C40H23N3OS.Pt/c1-2-12-26(13-3-1)43(37-24-10-20-33(41-37)31-18-8-16-29-27-14-4-6-22-35(27)44-39(29)31)38-25-11-21-34(42-38)32-19-9-17-30-28-15-5-7-23-36(28)45-40(30)32;/h1-17,20-25H;/q-2;+2. The van der Waals surface area contributed by atoms with Crippen molar-refractivity contribution in [3.63, 3.8) is 0 Å². The Morgan fingerprint density at radius 2 is 1.17 bits per heavy atom. The van der Waals surface area contributed by atoms with E-state index in [2.05, 4.69) is 77.7 Å². The first-order valence-corrected chi connectivity index (χ1v) is 15.6. The second-order valence-corrected chi connectivity index (χ2v) is 11.9. The van der Waals surface area contributed by atoms with E-state index >= 15 is 0 Å². The van der Waals surface area contributed by atoms with Crippen LogP contribution in [0.2, 0.25) is 0 Å². The van der Waals surface area contributed by atoms with Gasteiger partial charge in [0.2, 0.25) is 0 Å². The first-order chi connectivity index (χ1) is 22.3. The van der Waals surface area contributed by atoms with Crippen molar-refractivity contribution < 1.29 is 25.5 Å². The summed E-state index contributed by atoms with van der Waals surface area (Å²) in [6.45, 7) is 0. The molecule has 0 radical (unpaired) electrons. The molecule has 5 aromatic carbocycles. The zero-order chi connectivity index (χ0) is 29.7. The maximum absolute atomic E-state index is 6.33. The van der Waals surface area contributed by atoms with E-state index in [0.29, 0.717) is 0 Å². The number of hydrogen-bond acceptors (Lipinski definition) is 5. The number of anilines is 3. The summed E-state index contributed by atoms with van der Waals surface area (Å²) in [4.78, 5) is 12.5. The molecular formula is C40H23N3OPtS. The van der Waals surface area contributed by atoms with Crippen molar-refractivity contribution in [2.45, 2.75) is 0 Å². The number of nitrogens with zero attached hydrogens (tertiary/aromatic N) is 3. The molecule has 0 spiro atoms. The van der Waals surface area contributed by atoms with E-state index in [4.69, 9.17) is 14.4 Å². The van der Waals surface area contributed by atoms with Gasteiger partial charge in [0.1, 0.15) is 17.2 Å². The Morgan fingerprint density at radius 3 is 1.96 bits per heavy atom. The molecule has 220 valence electrons. The van der Waals surface area contributed by atoms with Crippen molar-refractivity contribution in [3.05, 3.63) is 152 Å². The van der Waals surface area contributed by atoms with Crippen LogP contribution < -0.4 is 4.90 Å². The summed E-state index contributed by atoms with van der Waals surface area (Å²) in [5.74, 6) is 1.51. The van der Waals surface area contributed by atoms with Gasteiger partial charge >= 0.3 is 21.1 Å². The van der Waals surface area contributed by atoms with Gasteiger partial charge in [-0.15, -0.1) is 42.0 Å². The van der Waals surface area contributed by atoms with E-state index in [1.165, 1.54) is 20.2 Å². The van der Waals surface area contributed by atoms with E-state index in [0.717, 1.165) is 61.8 Å². The van der Waals surface area contributed by atoms with Gasteiger partial charge in [0.15, 0.2) is 0 Å². The predicted octanol–water partition coefficient (Wildman–Crippen LogP) is 11.1. The molecule has 9 rings (SSSR count). The molecule has 0 saturated carbocycles. The smallest absolute Gasteiger partial charge is 0.501 e. The van der Waals surface area contributed by atoms with Gasteiger partial charge in [-0.3, -0.25) is 14.9 Å². The van der Waals surface area contributed by atoms with E-state index in [1.807, 2.05) is 78.9 Å².